The SMILES string of the molecule is COC1CC(CC[C@H](C[C@@H](OC(C)=O)[C@H]2C[C@@H]3C[C@@H]4[C@H](C[C@H](OC)C=C[C@H]4C[C@@H]3C(C)C)[C@@H](O)C2)OC(C)=O)C(C2CCNC(N)C2)CC1O. The van der Waals surface area contributed by atoms with E-state index in [1.165, 1.54) is 13.8 Å². The van der Waals surface area contributed by atoms with Gasteiger partial charge in [0.15, 0.2) is 0 Å². The Morgan fingerprint density at radius 1 is 0.840 bits per heavy atom. The zero-order valence-corrected chi connectivity index (χ0v) is 31.6. The lowest BCUT2D eigenvalue weighted by Crippen LogP contribution is -2.49. The summed E-state index contributed by atoms with van der Waals surface area (Å²) in [6.07, 6.45) is 11.9. The van der Waals surface area contributed by atoms with E-state index in [-0.39, 0.29) is 48.1 Å². The van der Waals surface area contributed by atoms with Crippen LogP contribution in [0, 0.1) is 59.2 Å². The van der Waals surface area contributed by atoms with E-state index in [2.05, 4.69) is 31.3 Å². The summed E-state index contributed by atoms with van der Waals surface area (Å²) in [6.45, 7) is 8.43. The number of ether oxygens (including phenoxy) is 4. The fourth-order valence-corrected chi connectivity index (χ4v) is 11.3. The molecule has 0 aromatic carbocycles. The average Bonchev–Trinajstić information content (AvgIpc) is 3.23. The maximum atomic E-state index is 12.7. The Hall–Kier alpha value is -1.56. The third-order valence-electron chi connectivity index (χ3n) is 13.7. The molecule has 5 N–H and O–H groups in total. The summed E-state index contributed by atoms with van der Waals surface area (Å²) < 4.78 is 23.8. The zero-order valence-electron chi connectivity index (χ0n) is 31.6. The molecule has 10 heteroatoms. The van der Waals surface area contributed by atoms with Crippen LogP contribution in [0.15, 0.2) is 12.2 Å². The van der Waals surface area contributed by atoms with E-state index in [9.17, 15) is 19.8 Å². The highest BCUT2D eigenvalue weighted by atomic mass is 16.6. The number of allylic oxidation sites excluding steroid dienone is 1. The topological polar surface area (TPSA) is 150 Å². The molecule has 1 aliphatic heterocycles. The van der Waals surface area contributed by atoms with Gasteiger partial charge in [-0.3, -0.25) is 9.59 Å². The molecule has 0 aromatic rings. The van der Waals surface area contributed by atoms with Gasteiger partial charge in [0.2, 0.25) is 0 Å². The minimum atomic E-state index is -0.538. The summed E-state index contributed by atoms with van der Waals surface area (Å²) >= 11 is 0. The number of nitrogens with one attached hydrogen (secondary N) is 1. The van der Waals surface area contributed by atoms with Crippen molar-refractivity contribution in [2.24, 2.45) is 64.9 Å². The standard InChI is InChI=1S/C40H68N2O8/c1-22(2)32-14-25-7-9-30(47-5)19-35-34(25)15-28(32)13-29(16-36(35)45)38(50-24(4)44)20-31(49-23(3)43)10-8-26-17-39(48-6)37(46)21-33(26)27-11-12-42-40(41)18-27/h7,9,22,25-40,42,45-46H,8,10-21,41H2,1-6H3/t25-,26?,27?,28+,29-,30+,31+,32+,33?,34-,35-,36-,37?,38+,39?,40?/m0/s1. The number of hydrogen-bond acceptors (Lipinski definition) is 10. The second kappa shape index (κ2) is 18.0. The van der Waals surface area contributed by atoms with Gasteiger partial charge in [-0.05, 0) is 136 Å². The molecule has 4 fully saturated rings. The number of esters is 2. The van der Waals surface area contributed by atoms with Gasteiger partial charge in [-0.15, -0.1) is 0 Å². The highest BCUT2D eigenvalue weighted by molar-refractivity contribution is 5.66. The molecular weight excluding hydrogens is 636 g/mol. The van der Waals surface area contributed by atoms with Crippen molar-refractivity contribution in [2.45, 2.75) is 148 Å². The maximum Gasteiger partial charge on any atom is 0.302 e. The number of rotatable bonds is 12. The number of carbonyl (C=O) groups is 2. The first kappa shape index (κ1) is 39.6. The summed E-state index contributed by atoms with van der Waals surface area (Å²) in [4.78, 5) is 25.2. The normalized spacial score (nSPS) is 41.7. The summed E-state index contributed by atoms with van der Waals surface area (Å²) in [5.41, 5.74) is 6.32. The van der Waals surface area contributed by atoms with E-state index in [0.29, 0.717) is 67.1 Å². The third kappa shape index (κ3) is 9.90. The molecule has 286 valence electrons. The van der Waals surface area contributed by atoms with Gasteiger partial charge in [-0.2, -0.15) is 0 Å². The molecule has 0 spiro atoms. The summed E-state index contributed by atoms with van der Waals surface area (Å²) in [5, 5.41) is 26.3. The van der Waals surface area contributed by atoms with E-state index < -0.39 is 24.4 Å². The Morgan fingerprint density at radius 3 is 2.26 bits per heavy atom. The van der Waals surface area contributed by atoms with Crippen molar-refractivity contribution >= 4 is 11.9 Å². The van der Waals surface area contributed by atoms with Crippen LogP contribution in [0.3, 0.4) is 0 Å². The van der Waals surface area contributed by atoms with Gasteiger partial charge in [0.25, 0.3) is 0 Å². The Balaban J connectivity index is 1.36. The van der Waals surface area contributed by atoms with Crippen molar-refractivity contribution in [1.82, 2.24) is 5.32 Å². The molecule has 5 aliphatic rings. The first-order chi connectivity index (χ1) is 23.9. The van der Waals surface area contributed by atoms with Crippen LogP contribution in [-0.2, 0) is 28.5 Å². The van der Waals surface area contributed by atoms with E-state index in [0.717, 1.165) is 57.9 Å². The Labute approximate surface area is 301 Å². The molecular formula is C40H68N2O8. The van der Waals surface area contributed by atoms with Crippen molar-refractivity contribution in [1.29, 1.82) is 0 Å². The first-order valence-electron chi connectivity index (χ1n) is 19.8. The monoisotopic (exact) mass is 704 g/mol. The maximum absolute atomic E-state index is 12.7. The fourth-order valence-electron chi connectivity index (χ4n) is 11.3. The largest absolute Gasteiger partial charge is 0.462 e. The molecule has 1 saturated heterocycles. The van der Waals surface area contributed by atoms with E-state index in [1.54, 1.807) is 14.2 Å². The molecule has 6 unspecified atom stereocenters. The number of carbonyl (C=O) groups excluding carboxylic acids is 2. The Bertz CT molecular complexity index is 1130. The number of methoxy groups -OCH3 is 2. The van der Waals surface area contributed by atoms with Crippen molar-refractivity contribution in [3.63, 3.8) is 0 Å². The highest BCUT2D eigenvalue weighted by Gasteiger charge is 2.48. The first-order valence-corrected chi connectivity index (χ1v) is 19.8. The van der Waals surface area contributed by atoms with Crippen LogP contribution in [0.4, 0.5) is 0 Å². The summed E-state index contributed by atoms with van der Waals surface area (Å²) in [7, 11) is 3.42. The molecule has 50 heavy (non-hydrogen) atoms. The Morgan fingerprint density at radius 2 is 1.60 bits per heavy atom. The quantitative estimate of drug-likeness (QED) is 0.162. The lowest BCUT2D eigenvalue weighted by molar-refractivity contribution is -0.159. The van der Waals surface area contributed by atoms with E-state index in [1.807, 2.05) is 0 Å². The van der Waals surface area contributed by atoms with Crippen LogP contribution in [-0.4, -0.2) is 85.7 Å². The van der Waals surface area contributed by atoms with E-state index in [4.69, 9.17) is 24.7 Å². The predicted molar refractivity (Wildman–Crippen MR) is 191 cm³/mol. The number of aliphatic hydroxyl groups excluding tert-OH is 2. The molecule has 16 atom stereocenters. The van der Waals surface area contributed by atoms with Gasteiger partial charge in [-0.1, -0.05) is 26.0 Å². The molecule has 0 radical (unpaired) electrons. The van der Waals surface area contributed by atoms with Gasteiger partial charge < -0.3 is 40.2 Å². The van der Waals surface area contributed by atoms with Gasteiger partial charge in [0.1, 0.15) is 12.2 Å². The zero-order chi connectivity index (χ0) is 36.1. The number of piperidine rings is 1. The minimum absolute atomic E-state index is 0.0188. The van der Waals surface area contributed by atoms with E-state index >= 15 is 0 Å². The van der Waals surface area contributed by atoms with Crippen molar-refractivity contribution in [3.8, 4) is 0 Å². The van der Waals surface area contributed by atoms with Crippen molar-refractivity contribution in [2.75, 3.05) is 20.8 Å². The second-order valence-electron chi connectivity index (χ2n) is 17.1. The molecule has 3 saturated carbocycles. The molecule has 0 amide bonds. The van der Waals surface area contributed by atoms with Crippen molar-refractivity contribution < 1.29 is 38.7 Å². The Kier molecular flexibility index (Phi) is 14.3. The van der Waals surface area contributed by atoms with Crippen LogP contribution in [0.1, 0.15) is 105 Å². The number of nitrogens with two attached hydrogens (primary N) is 1. The second-order valence-corrected chi connectivity index (χ2v) is 17.1. The van der Waals surface area contributed by atoms with Gasteiger partial charge in [0.05, 0.1) is 30.6 Å². The minimum Gasteiger partial charge on any atom is -0.462 e. The molecule has 4 aliphatic carbocycles. The van der Waals surface area contributed by atoms with Crippen molar-refractivity contribution in [3.05, 3.63) is 12.2 Å². The average molecular weight is 705 g/mol. The van der Waals surface area contributed by atoms with Crippen LogP contribution in [0.25, 0.3) is 0 Å². The summed E-state index contributed by atoms with van der Waals surface area (Å²) in [5.74, 6) is 2.72. The van der Waals surface area contributed by atoms with Gasteiger partial charge in [-0.25, -0.2) is 0 Å². The molecule has 0 aromatic heterocycles. The van der Waals surface area contributed by atoms with Crippen LogP contribution >= 0.6 is 0 Å². The smallest absolute Gasteiger partial charge is 0.302 e. The molecule has 1 heterocycles. The number of fused-ring (bicyclic) bond motifs is 1. The van der Waals surface area contributed by atoms with Crippen LogP contribution in [0.2, 0.25) is 0 Å². The molecule has 5 rings (SSSR count). The molecule has 10 nitrogen and oxygen atoms in total. The fraction of sp³-hybridized carbons (Fsp3) is 0.900. The number of hydrogen-bond donors (Lipinski definition) is 4. The third-order valence-corrected chi connectivity index (χ3v) is 13.7. The summed E-state index contributed by atoms with van der Waals surface area (Å²) in [6, 6.07) is 0. The van der Waals surface area contributed by atoms with Crippen LogP contribution < -0.4 is 11.1 Å². The lowest BCUT2D eigenvalue weighted by Gasteiger charge is -2.50. The predicted octanol–water partition coefficient (Wildman–Crippen LogP) is 4.98. The van der Waals surface area contributed by atoms with Gasteiger partial charge >= 0.3 is 11.9 Å². The van der Waals surface area contributed by atoms with Gasteiger partial charge in [0, 0.05) is 34.5 Å². The number of aliphatic hydroxyl groups is 2. The highest BCUT2D eigenvalue weighted by Crippen LogP contribution is 2.53. The lowest BCUT2D eigenvalue weighted by atomic mass is 9.57. The van der Waals surface area contributed by atoms with Crippen LogP contribution in [0.5, 0.6) is 0 Å². The molecule has 2 bridgehead atoms.